The molecule has 0 spiro atoms. The van der Waals surface area contributed by atoms with Gasteiger partial charge in [0.15, 0.2) is 0 Å². The molecule has 2 aliphatic carbocycles. The van der Waals surface area contributed by atoms with Crippen LogP contribution in [0.3, 0.4) is 0 Å². The summed E-state index contributed by atoms with van der Waals surface area (Å²) in [6.45, 7) is 4.28. The van der Waals surface area contributed by atoms with E-state index in [0.29, 0.717) is 6.10 Å². The average Bonchev–Trinajstić information content (AvgIpc) is 2.04. The minimum absolute atomic E-state index is 0.569. The predicted molar refractivity (Wildman–Crippen MR) is 58.4 cm³/mol. The molecular formula is C12H23NO. The Hall–Kier alpha value is -0.0800. The molecule has 2 nitrogen and oxygen atoms in total. The maximum atomic E-state index is 5.82. The largest absolute Gasteiger partial charge is 0.378 e. The van der Waals surface area contributed by atoms with Crippen molar-refractivity contribution in [2.75, 3.05) is 13.2 Å². The zero-order chi connectivity index (χ0) is 9.80. The van der Waals surface area contributed by atoms with Crippen LogP contribution in [0.25, 0.3) is 0 Å². The molecule has 14 heavy (non-hydrogen) atoms. The van der Waals surface area contributed by atoms with Crippen molar-refractivity contribution >= 4 is 0 Å². The van der Waals surface area contributed by atoms with Crippen molar-refractivity contribution in [1.29, 1.82) is 0 Å². The number of nitrogens with one attached hydrogen (secondary N) is 1. The van der Waals surface area contributed by atoms with Crippen LogP contribution in [0, 0.1) is 5.92 Å². The second-order valence-electron chi connectivity index (χ2n) is 4.80. The monoisotopic (exact) mass is 197 g/mol. The predicted octanol–water partition coefficient (Wildman–Crippen LogP) is 2.33. The molecule has 0 radical (unpaired) electrons. The maximum absolute atomic E-state index is 5.82. The number of rotatable bonds is 6. The normalized spacial score (nSPS) is 32.4. The molecular weight excluding hydrogens is 174 g/mol. The van der Waals surface area contributed by atoms with Crippen molar-refractivity contribution in [2.45, 2.75) is 57.6 Å². The number of hydrogen-bond donors (Lipinski definition) is 1. The standard InChI is InChI=1S/C12H23NO/c1-2-13-11-8-12(9-11)14-7-6-10-4-3-5-10/h10-13H,2-9H2,1H3. The van der Waals surface area contributed by atoms with Crippen LogP contribution < -0.4 is 5.32 Å². The summed E-state index contributed by atoms with van der Waals surface area (Å²) < 4.78 is 5.82. The van der Waals surface area contributed by atoms with Crippen molar-refractivity contribution in [2.24, 2.45) is 5.92 Å². The van der Waals surface area contributed by atoms with Gasteiger partial charge in [-0.25, -0.2) is 0 Å². The van der Waals surface area contributed by atoms with Crippen LogP contribution in [-0.2, 0) is 4.74 Å². The van der Waals surface area contributed by atoms with Crippen LogP contribution in [-0.4, -0.2) is 25.3 Å². The summed E-state index contributed by atoms with van der Waals surface area (Å²) in [5.41, 5.74) is 0. The molecule has 0 amide bonds. The van der Waals surface area contributed by atoms with E-state index in [2.05, 4.69) is 12.2 Å². The van der Waals surface area contributed by atoms with E-state index in [1.807, 2.05) is 0 Å². The summed E-state index contributed by atoms with van der Waals surface area (Å²) in [6, 6.07) is 0.744. The van der Waals surface area contributed by atoms with Crippen molar-refractivity contribution in [1.82, 2.24) is 5.32 Å². The Morgan fingerprint density at radius 1 is 1.29 bits per heavy atom. The topological polar surface area (TPSA) is 21.3 Å². The van der Waals surface area contributed by atoms with Gasteiger partial charge >= 0.3 is 0 Å². The third kappa shape index (κ3) is 2.71. The highest BCUT2D eigenvalue weighted by Crippen LogP contribution is 2.30. The van der Waals surface area contributed by atoms with Gasteiger partial charge in [-0.2, -0.15) is 0 Å². The Morgan fingerprint density at radius 3 is 2.64 bits per heavy atom. The average molecular weight is 197 g/mol. The quantitative estimate of drug-likeness (QED) is 0.705. The lowest BCUT2D eigenvalue weighted by Gasteiger charge is -2.36. The SMILES string of the molecule is CCNC1CC(OCCC2CCC2)C1. The van der Waals surface area contributed by atoms with Gasteiger partial charge in [-0.1, -0.05) is 26.2 Å². The van der Waals surface area contributed by atoms with Gasteiger partial charge in [-0.05, 0) is 31.7 Å². The lowest BCUT2D eigenvalue weighted by molar-refractivity contribution is -0.0242. The molecule has 0 unspecified atom stereocenters. The van der Waals surface area contributed by atoms with E-state index in [4.69, 9.17) is 4.74 Å². The molecule has 2 saturated carbocycles. The van der Waals surface area contributed by atoms with Crippen LogP contribution in [0.5, 0.6) is 0 Å². The molecule has 0 bridgehead atoms. The van der Waals surface area contributed by atoms with Crippen molar-refractivity contribution in [3.63, 3.8) is 0 Å². The molecule has 0 atom stereocenters. The molecule has 82 valence electrons. The lowest BCUT2D eigenvalue weighted by Crippen LogP contribution is -2.45. The smallest absolute Gasteiger partial charge is 0.0604 e. The Labute approximate surface area is 87.4 Å². The zero-order valence-electron chi connectivity index (χ0n) is 9.30. The molecule has 2 aliphatic rings. The third-order valence-corrected chi connectivity index (χ3v) is 3.69. The third-order valence-electron chi connectivity index (χ3n) is 3.69. The van der Waals surface area contributed by atoms with Gasteiger partial charge < -0.3 is 10.1 Å². The van der Waals surface area contributed by atoms with Gasteiger partial charge in [0.2, 0.25) is 0 Å². The second kappa shape index (κ2) is 5.13. The van der Waals surface area contributed by atoms with E-state index >= 15 is 0 Å². The highest BCUT2D eigenvalue weighted by Gasteiger charge is 2.29. The first-order valence-corrected chi connectivity index (χ1v) is 6.23. The lowest BCUT2D eigenvalue weighted by atomic mass is 9.83. The highest BCUT2D eigenvalue weighted by atomic mass is 16.5. The van der Waals surface area contributed by atoms with Crippen LogP contribution in [0.15, 0.2) is 0 Å². The van der Waals surface area contributed by atoms with Crippen LogP contribution in [0.2, 0.25) is 0 Å². The summed E-state index contributed by atoms with van der Waals surface area (Å²) >= 11 is 0. The minimum atomic E-state index is 0.569. The molecule has 0 saturated heterocycles. The Balaban J connectivity index is 1.43. The Bertz CT molecular complexity index is 162. The first kappa shape index (κ1) is 10.4. The van der Waals surface area contributed by atoms with Crippen molar-refractivity contribution in [3.8, 4) is 0 Å². The zero-order valence-corrected chi connectivity index (χ0v) is 9.30. The summed E-state index contributed by atoms with van der Waals surface area (Å²) in [7, 11) is 0. The van der Waals surface area contributed by atoms with Gasteiger partial charge in [-0.15, -0.1) is 0 Å². The van der Waals surface area contributed by atoms with Crippen LogP contribution in [0.4, 0.5) is 0 Å². The molecule has 0 aromatic heterocycles. The van der Waals surface area contributed by atoms with Crippen molar-refractivity contribution < 1.29 is 4.74 Å². The Morgan fingerprint density at radius 2 is 2.07 bits per heavy atom. The molecule has 2 rings (SSSR count). The van der Waals surface area contributed by atoms with Gasteiger partial charge in [0.1, 0.15) is 0 Å². The van der Waals surface area contributed by atoms with Gasteiger partial charge in [-0.3, -0.25) is 0 Å². The van der Waals surface area contributed by atoms with E-state index < -0.39 is 0 Å². The van der Waals surface area contributed by atoms with Crippen molar-refractivity contribution in [3.05, 3.63) is 0 Å². The summed E-state index contributed by atoms with van der Waals surface area (Å²) in [5.74, 6) is 1.000. The minimum Gasteiger partial charge on any atom is -0.378 e. The molecule has 1 N–H and O–H groups in total. The fraction of sp³-hybridized carbons (Fsp3) is 1.00. The molecule has 2 heteroatoms. The van der Waals surface area contributed by atoms with Crippen LogP contribution in [0.1, 0.15) is 45.4 Å². The molecule has 0 aromatic carbocycles. The molecule has 0 aliphatic heterocycles. The van der Waals surface area contributed by atoms with Crippen LogP contribution >= 0.6 is 0 Å². The number of hydrogen-bond acceptors (Lipinski definition) is 2. The first-order valence-electron chi connectivity index (χ1n) is 6.23. The van der Waals surface area contributed by atoms with E-state index in [1.165, 1.54) is 38.5 Å². The fourth-order valence-corrected chi connectivity index (χ4v) is 2.34. The molecule has 2 fully saturated rings. The van der Waals surface area contributed by atoms with E-state index in [1.54, 1.807) is 0 Å². The van der Waals surface area contributed by atoms with E-state index in [9.17, 15) is 0 Å². The summed E-state index contributed by atoms with van der Waals surface area (Å²) in [4.78, 5) is 0. The molecule has 0 heterocycles. The van der Waals surface area contributed by atoms with E-state index in [-0.39, 0.29) is 0 Å². The number of ether oxygens (including phenoxy) is 1. The van der Waals surface area contributed by atoms with Gasteiger partial charge in [0, 0.05) is 12.6 Å². The Kier molecular flexibility index (Phi) is 3.82. The summed E-state index contributed by atoms with van der Waals surface area (Å²) in [6.07, 6.45) is 8.71. The fourth-order valence-electron chi connectivity index (χ4n) is 2.34. The molecule has 0 aromatic rings. The highest BCUT2D eigenvalue weighted by molar-refractivity contribution is 4.85. The second-order valence-corrected chi connectivity index (χ2v) is 4.80. The first-order chi connectivity index (χ1) is 6.88. The van der Waals surface area contributed by atoms with Gasteiger partial charge in [0.05, 0.1) is 6.10 Å². The van der Waals surface area contributed by atoms with Gasteiger partial charge in [0.25, 0.3) is 0 Å². The summed E-state index contributed by atoms with van der Waals surface area (Å²) in [5, 5.41) is 3.45. The van der Waals surface area contributed by atoms with E-state index in [0.717, 1.165) is 25.1 Å². The maximum Gasteiger partial charge on any atom is 0.0604 e.